The molecule has 22 heavy (non-hydrogen) atoms. The predicted molar refractivity (Wildman–Crippen MR) is 87.5 cm³/mol. The second-order valence-corrected chi connectivity index (χ2v) is 9.70. The number of carbonyl (C=O) groups is 1. The van der Waals surface area contributed by atoms with Crippen LogP contribution in [0.5, 0.6) is 0 Å². The van der Waals surface area contributed by atoms with Gasteiger partial charge in [-0.15, -0.1) is 10.2 Å². The van der Waals surface area contributed by atoms with Gasteiger partial charge in [0.25, 0.3) is 0 Å². The van der Waals surface area contributed by atoms with Crippen molar-refractivity contribution in [1.29, 1.82) is 0 Å². The second kappa shape index (κ2) is 7.71. The minimum absolute atomic E-state index is 0.0608. The summed E-state index contributed by atoms with van der Waals surface area (Å²) < 4.78 is 25.4. The molecular weight excluding hydrogens is 344 g/mol. The quantitative estimate of drug-likeness (QED) is 0.748. The Hall–Kier alpha value is -0.710. The van der Waals surface area contributed by atoms with Crippen LogP contribution in [0.4, 0.5) is 0 Å². The third-order valence-electron chi connectivity index (χ3n) is 3.37. The zero-order valence-electron chi connectivity index (χ0n) is 12.6. The summed E-state index contributed by atoms with van der Waals surface area (Å²) in [5, 5.41) is 11.6. The summed E-state index contributed by atoms with van der Waals surface area (Å²) in [5.41, 5.74) is 0. The van der Waals surface area contributed by atoms with Gasteiger partial charge in [-0.25, -0.2) is 12.7 Å². The fraction of sp³-hybridized carbons (Fsp3) is 0.750. The molecule has 1 aliphatic heterocycles. The van der Waals surface area contributed by atoms with Gasteiger partial charge in [0.15, 0.2) is 4.34 Å². The summed E-state index contributed by atoms with van der Waals surface area (Å²) in [7, 11) is -3.14. The highest BCUT2D eigenvalue weighted by Crippen LogP contribution is 2.21. The lowest BCUT2D eigenvalue weighted by Crippen LogP contribution is -2.43. The molecule has 1 atom stereocenters. The molecule has 1 N–H and O–H groups in total. The van der Waals surface area contributed by atoms with E-state index in [-0.39, 0.29) is 11.8 Å². The summed E-state index contributed by atoms with van der Waals surface area (Å²) in [6, 6.07) is 0. The number of thioether (sulfide) groups is 1. The number of nitrogens with one attached hydrogen (secondary N) is 1. The van der Waals surface area contributed by atoms with Crippen LogP contribution in [0.1, 0.15) is 17.8 Å². The lowest BCUT2D eigenvalue weighted by molar-refractivity contribution is -0.118. The van der Waals surface area contributed by atoms with Crippen molar-refractivity contribution in [1.82, 2.24) is 19.8 Å². The predicted octanol–water partition coefficient (Wildman–Crippen LogP) is 0.726. The molecule has 7 nitrogen and oxygen atoms in total. The monoisotopic (exact) mass is 364 g/mol. The zero-order chi connectivity index (χ0) is 16.2. The molecule has 10 heteroatoms. The first kappa shape index (κ1) is 17.6. The molecule has 1 amide bonds. The minimum atomic E-state index is -3.14. The number of sulfonamides is 1. The van der Waals surface area contributed by atoms with Gasteiger partial charge in [-0.1, -0.05) is 23.1 Å². The van der Waals surface area contributed by atoms with Crippen molar-refractivity contribution in [3.05, 3.63) is 5.01 Å². The first-order chi connectivity index (χ1) is 10.3. The van der Waals surface area contributed by atoms with E-state index in [1.165, 1.54) is 33.7 Å². The zero-order valence-corrected chi connectivity index (χ0v) is 15.1. The number of piperidine rings is 1. The third kappa shape index (κ3) is 5.49. The molecule has 1 aromatic heterocycles. The Morgan fingerprint density at radius 2 is 2.27 bits per heavy atom. The maximum Gasteiger partial charge on any atom is 0.230 e. The Balaban J connectivity index is 1.71. The number of nitrogens with zero attached hydrogens (tertiary/aromatic N) is 3. The summed E-state index contributed by atoms with van der Waals surface area (Å²) in [6.07, 6.45) is 3.01. The van der Waals surface area contributed by atoms with E-state index in [1.807, 2.05) is 6.92 Å². The van der Waals surface area contributed by atoms with Crippen LogP contribution in [0.3, 0.4) is 0 Å². The molecule has 124 valence electrons. The van der Waals surface area contributed by atoms with Crippen molar-refractivity contribution in [2.45, 2.75) is 24.1 Å². The van der Waals surface area contributed by atoms with Gasteiger partial charge in [-0.2, -0.15) is 0 Å². The second-order valence-electron chi connectivity index (χ2n) is 5.31. The highest BCUT2D eigenvalue weighted by Gasteiger charge is 2.25. The molecule has 1 aliphatic rings. The molecule has 0 spiro atoms. The largest absolute Gasteiger partial charge is 0.355 e. The fourth-order valence-corrected chi connectivity index (χ4v) is 4.86. The lowest BCUT2D eigenvalue weighted by atomic mass is 10.00. The molecule has 0 unspecified atom stereocenters. The van der Waals surface area contributed by atoms with Crippen LogP contribution < -0.4 is 5.32 Å². The van der Waals surface area contributed by atoms with Crippen LogP contribution in [0.15, 0.2) is 4.34 Å². The summed E-state index contributed by atoms with van der Waals surface area (Å²) >= 11 is 2.83. The van der Waals surface area contributed by atoms with Crippen LogP contribution in [0.25, 0.3) is 0 Å². The first-order valence-electron chi connectivity index (χ1n) is 6.99. The topological polar surface area (TPSA) is 92.3 Å². The first-order valence-corrected chi connectivity index (χ1v) is 10.6. The van der Waals surface area contributed by atoms with Gasteiger partial charge in [-0.3, -0.25) is 4.79 Å². The summed E-state index contributed by atoms with van der Waals surface area (Å²) in [6.45, 7) is 3.45. The molecule has 1 saturated heterocycles. The Labute approximate surface area is 138 Å². The standard InChI is InChI=1S/C12H20N4O3S3/c1-9-14-15-12(21-9)20-8-11(17)13-6-10-4-3-5-16(7-10)22(2,18)19/h10H,3-8H2,1-2H3,(H,13,17)/t10-/m0/s1. The van der Waals surface area contributed by atoms with Crippen molar-refractivity contribution in [3.8, 4) is 0 Å². The van der Waals surface area contributed by atoms with E-state index in [0.717, 1.165) is 22.2 Å². The third-order valence-corrected chi connectivity index (χ3v) is 6.61. The van der Waals surface area contributed by atoms with Crippen molar-refractivity contribution in [2.75, 3.05) is 31.6 Å². The van der Waals surface area contributed by atoms with E-state index >= 15 is 0 Å². The number of aryl methyl sites for hydroxylation is 1. The average molecular weight is 365 g/mol. The summed E-state index contributed by atoms with van der Waals surface area (Å²) in [4.78, 5) is 11.8. The number of rotatable bonds is 6. The van der Waals surface area contributed by atoms with E-state index in [9.17, 15) is 13.2 Å². The Morgan fingerprint density at radius 3 is 2.91 bits per heavy atom. The van der Waals surface area contributed by atoms with E-state index in [4.69, 9.17) is 0 Å². The van der Waals surface area contributed by atoms with E-state index < -0.39 is 10.0 Å². The van der Waals surface area contributed by atoms with Crippen LogP contribution in [-0.4, -0.2) is 60.5 Å². The lowest BCUT2D eigenvalue weighted by Gasteiger charge is -2.30. The van der Waals surface area contributed by atoms with Gasteiger partial charge in [0.05, 0.1) is 12.0 Å². The van der Waals surface area contributed by atoms with Crippen LogP contribution >= 0.6 is 23.1 Å². The molecule has 0 radical (unpaired) electrons. The number of amides is 1. The molecule has 1 fully saturated rings. The molecule has 0 aliphatic carbocycles. The van der Waals surface area contributed by atoms with Crippen LogP contribution in [0.2, 0.25) is 0 Å². The van der Waals surface area contributed by atoms with Gasteiger partial charge < -0.3 is 5.32 Å². The van der Waals surface area contributed by atoms with E-state index in [2.05, 4.69) is 15.5 Å². The van der Waals surface area contributed by atoms with Crippen LogP contribution in [-0.2, 0) is 14.8 Å². The SMILES string of the molecule is Cc1nnc(SCC(=O)NC[C@@H]2CCCN(S(C)(=O)=O)C2)s1. The number of hydrogen-bond acceptors (Lipinski definition) is 7. The van der Waals surface area contributed by atoms with Crippen molar-refractivity contribution >= 4 is 39.0 Å². The van der Waals surface area contributed by atoms with E-state index in [0.29, 0.717) is 25.4 Å². The Morgan fingerprint density at radius 1 is 1.50 bits per heavy atom. The highest BCUT2D eigenvalue weighted by molar-refractivity contribution is 8.01. The summed E-state index contributed by atoms with van der Waals surface area (Å²) in [5.74, 6) is 0.424. The number of aromatic nitrogens is 2. The molecule has 2 heterocycles. The van der Waals surface area contributed by atoms with Crippen LogP contribution in [0, 0.1) is 12.8 Å². The average Bonchev–Trinajstić information content (AvgIpc) is 2.88. The molecule has 2 rings (SSSR count). The number of hydrogen-bond donors (Lipinski definition) is 1. The Bertz CT molecular complexity index is 617. The van der Waals surface area contributed by atoms with Crippen molar-refractivity contribution < 1.29 is 13.2 Å². The van der Waals surface area contributed by atoms with Gasteiger partial charge in [0.2, 0.25) is 15.9 Å². The van der Waals surface area contributed by atoms with Gasteiger partial charge >= 0.3 is 0 Å². The number of carbonyl (C=O) groups excluding carboxylic acids is 1. The minimum Gasteiger partial charge on any atom is -0.355 e. The van der Waals surface area contributed by atoms with E-state index in [1.54, 1.807) is 0 Å². The highest BCUT2D eigenvalue weighted by atomic mass is 32.2. The van der Waals surface area contributed by atoms with Gasteiger partial charge in [0, 0.05) is 19.6 Å². The van der Waals surface area contributed by atoms with Gasteiger partial charge in [-0.05, 0) is 25.7 Å². The molecular formula is C12H20N4O3S3. The molecule has 0 saturated carbocycles. The van der Waals surface area contributed by atoms with Gasteiger partial charge in [0.1, 0.15) is 5.01 Å². The molecule has 0 aromatic carbocycles. The maximum absolute atomic E-state index is 11.8. The van der Waals surface area contributed by atoms with Crippen molar-refractivity contribution in [2.24, 2.45) is 5.92 Å². The van der Waals surface area contributed by atoms with Crippen molar-refractivity contribution in [3.63, 3.8) is 0 Å². The Kier molecular flexibility index (Phi) is 6.18. The fourth-order valence-electron chi connectivity index (χ4n) is 2.27. The maximum atomic E-state index is 11.8. The molecule has 1 aromatic rings. The molecule has 0 bridgehead atoms. The normalized spacial score (nSPS) is 20.0. The smallest absolute Gasteiger partial charge is 0.230 e.